The smallest absolute Gasteiger partial charge is 0.303 e. The maximum atomic E-state index is 11.5. The maximum absolute atomic E-state index is 11.5. The number of carbonyl (C=O) groups excluding carboxylic acids is 1. The Morgan fingerprint density at radius 3 is 2.44 bits per heavy atom. The van der Waals surface area contributed by atoms with Gasteiger partial charge in [0.25, 0.3) is 0 Å². The Morgan fingerprint density at radius 1 is 1.09 bits per heavy atom. The molecule has 2 aliphatic carbocycles. The molecule has 0 spiro atoms. The molecular weight excluding hydrogens is 436 g/mol. The van der Waals surface area contributed by atoms with Crippen LogP contribution in [0, 0.1) is 12.8 Å². The number of phenolic OH excluding ortho intramolecular Hbond substituents is 1. The van der Waals surface area contributed by atoms with Gasteiger partial charge in [0.15, 0.2) is 23.7 Å². The van der Waals surface area contributed by atoms with Crippen LogP contribution in [0.25, 0.3) is 0 Å². The Bertz CT molecular complexity index is 980. The number of phenols is 1. The van der Waals surface area contributed by atoms with E-state index in [-0.39, 0.29) is 24.2 Å². The van der Waals surface area contributed by atoms with Crippen LogP contribution in [0.5, 0.6) is 11.5 Å². The van der Waals surface area contributed by atoms with Crippen molar-refractivity contribution in [2.24, 2.45) is 5.92 Å². The molecule has 0 aromatic heterocycles. The summed E-state index contributed by atoms with van der Waals surface area (Å²) in [6, 6.07) is 0. The zero-order valence-electron chi connectivity index (χ0n) is 21.0. The first-order valence-electron chi connectivity index (χ1n) is 12.4. The molecule has 1 fully saturated rings. The lowest BCUT2D eigenvalue weighted by Crippen LogP contribution is -2.56. The van der Waals surface area contributed by atoms with Gasteiger partial charge in [-0.1, -0.05) is 25.5 Å². The summed E-state index contributed by atoms with van der Waals surface area (Å²) in [7, 11) is 0. The molecule has 1 aliphatic heterocycles. The summed E-state index contributed by atoms with van der Waals surface area (Å²) in [6.07, 6.45) is 0.502. The fraction of sp³-hybridized carbons (Fsp3) is 0.667. The van der Waals surface area contributed by atoms with Gasteiger partial charge in [0.1, 0.15) is 6.10 Å². The number of hydrogen-bond donors (Lipinski definition) is 3. The molecule has 3 aliphatic rings. The van der Waals surface area contributed by atoms with Gasteiger partial charge in [0, 0.05) is 18.4 Å². The highest BCUT2D eigenvalue weighted by molar-refractivity contribution is 5.66. The highest BCUT2D eigenvalue weighted by atomic mass is 16.7. The number of hydrogen-bond acceptors (Lipinski definition) is 7. The lowest BCUT2D eigenvalue weighted by Gasteiger charge is -2.44. The van der Waals surface area contributed by atoms with Crippen molar-refractivity contribution in [1.82, 2.24) is 0 Å². The van der Waals surface area contributed by atoms with Gasteiger partial charge in [-0.15, -0.1) is 0 Å². The van der Waals surface area contributed by atoms with Crippen LogP contribution in [-0.4, -0.2) is 52.5 Å². The standard InChI is InChI=1S/C27H38O7/c1-12(2)9-17-10-14(4)18-8-7-13(3)20-22(18)21(17)15(5)25(23(20)30)34-27-24(31)26(33-16(6)28)19(29)11-32-27/h9,13-14,17-19,24,26-27,29-31H,7-8,10-11H2,1-6H3/t13-,14-,17+,18+,19-,24?,26?,27+/m0/s1. The maximum Gasteiger partial charge on any atom is 0.303 e. The van der Waals surface area contributed by atoms with Crippen molar-refractivity contribution in [2.75, 3.05) is 6.61 Å². The largest absolute Gasteiger partial charge is 0.504 e. The number of aromatic hydroxyl groups is 1. The Hall–Kier alpha value is -2.09. The number of aliphatic hydroxyl groups excluding tert-OH is 2. The highest BCUT2D eigenvalue weighted by Crippen LogP contribution is 2.58. The fourth-order valence-corrected chi connectivity index (χ4v) is 6.27. The van der Waals surface area contributed by atoms with E-state index in [0.29, 0.717) is 17.6 Å². The van der Waals surface area contributed by atoms with Crippen LogP contribution in [0.3, 0.4) is 0 Å². The molecule has 3 N–H and O–H groups in total. The summed E-state index contributed by atoms with van der Waals surface area (Å²) >= 11 is 0. The minimum absolute atomic E-state index is 0.101. The minimum Gasteiger partial charge on any atom is -0.504 e. The fourth-order valence-electron chi connectivity index (χ4n) is 6.27. The van der Waals surface area contributed by atoms with Crippen molar-refractivity contribution in [2.45, 2.75) is 103 Å². The summed E-state index contributed by atoms with van der Waals surface area (Å²) < 4.78 is 16.8. The van der Waals surface area contributed by atoms with Crippen molar-refractivity contribution in [3.05, 3.63) is 33.9 Å². The van der Waals surface area contributed by atoms with Crippen LogP contribution in [-0.2, 0) is 14.3 Å². The average molecular weight is 475 g/mol. The molecule has 0 bridgehead atoms. The first-order chi connectivity index (χ1) is 16.0. The molecule has 0 amide bonds. The van der Waals surface area contributed by atoms with Crippen LogP contribution >= 0.6 is 0 Å². The first kappa shape index (κ1) is 25.0. The van der Waals surface area contributed by atoms with Gasteiger partial charge in [-0.3, -0.25) is 4.79 Å². The number of benzene rings is 1. The van der Waals surface area contributed by atoms with E-state index in [1.54, 1.807) is 0 Å². The second kappa shape index (κ2) is 9.51. The Labute approximate surface area is 201 Å². The molecule has 1 saturated heterocycles. The summed E-state index contributed by atoms with van der Waals surface area (Å²) in [5.41, 5.74) is 5.50. The van der Waals surface area contributed by atoms with Gasteiger partial charge >= 0.3 is 5.97 Å². The Balaban J connectivity index is 1.80. The van der Waals surface area contributed by atoms with Gasteiger partial charge in [0.2, 0.25) is 6.29 Å². The molecule has 4 rings (SSSR count). The third-order valence-electron chi connectivity index (χ3n) is 7.75. The van der Waals surface area contributed by atoms with Crippen molar-refractivity contribution in [3.8, 4) is 11.5 Å². The number of esters is 1. The minimum atomic E-state index is -1.40. The van der Waals surface area contributed by atoms with E-state index in [0.717, 1.165) is 30.4 Å². The lowest BCUT2D eigenvalue weighted by molar-refractivity contribution is -0.249. The van der Waals surface area contributed by atoms with Crippen LogP contribution in [0.2, 0.25) is 0 Å². The molecule has 7 heteroatoms. The van der Waals surface area contributed by atoms with E-state index >= 15 is 0 Å². The molecule has 1 aromatic carbocycles. The Kier molecular flexibility index (Phi) is 7.00. The molecule has 2 unspecified atom stereocenters. The quantitative estimate of drug-likeness (QED) is 0.444. The number of aliphatic hydroxyl groups is 2. The van der Waals surface area contributed by atoms with E-state index in [9.17, 15) is 20.1 Å². The van der Waals surface area contributed by atoms with E-state index in [1.165, 1.54) is 23.6 Å². The molecule has 0 saturated carbocycles. The van der Waals surface area contributed by atoms with Crippen LogP contribution in [0.1, 0.15) is 93.9 Å². The van der Waals surface area contributed by atoms with E-state index in [4.69, 9.17) is 14.2 Å². The number of allylic oxidation sites excluding steroid dienone is 2. The third kappa shape index (κ3) is 4.34. The Morgan fingerprint density at radius 2 is 1.79 bits per heavy atom. The topological polar surface area (TPSA) is 105 Å². The van der Waals surface area contributed by atoms with Crippen LogP contribution in [0.15, 0.2) is 11.6 Å². The molecule has 1 aromatic rings. The lowest BCUT2D eigenvalue weighted by atomic mass is 9.62. The highest BCUT2D eigenvalue weighted by Gasteiger charge is 2.45. The number of rotatable bonds is 4. The van der Waals surface area contributed by atoms with Crippen molar-refractivity contribution >= 4 is 5.97 Å². The van der Waals surface area contributed by atoms with E-state index < -0.39 is 30.6 Å². The molecule has 0 radical (unpaired) electrons. The zero-order chi connectivity index (χ0) is 24.9. The summed E-state index contributed by atoms with van der Waals surface area (Å²) in [5.74, 6) is 1.10. The average Bonchev–Trinajstić information content (AvgIpc) is 2.74. The van der Waals surface area contributed by atoms with Gasteiger partial charge in [-0.25, -0.2) is 0 Å². The summed E-state index contributed by atoms with van der Waals surface area (Å²) in [6.45, 7) is 11.7. The zero-order valence-corrected chi connectivity index (χ0v) is 21.0. The molecule has 188 valence electrons. The van der Waals surface area contributed by atoms with E-state index in [1.807, 2.05) is 6.92 Å². The SMILES string of the molecule is CC(=O)OC1C(O)[C@@H](Oc2c(C)c3c4c(c2O)[C@@H](C)CC[C@@H]4[C@@H](C)C[C@H]3C=C(C)C)OC[C@@H]1O. The second-order valence-corrected chi connectivity index (χ2v) is 10.6. The summed E-state index contributed by atoms with van der Waals surface area (Å²) in [5, 5.41) is 32.4. The molecule has 1 heterocycles. The van der Waals surface area contributed by atoms with E-state index in [2.05, 4.69) is 33.8 Å². The molecule has 34 heavy (non-hydrogen) atoms. The molecule has 7 nitrogen and oxygen atoms in total. The van der Waals surface area contributed by atoms with Gasteiger partial charge in [0.05, 0.1) is 6.61 Å². The predicted molar refractivity (Wildman–Crippen MR) is 127 cm³/mol. The second-order valence-electron chi connectivity index (χ2n) is 10.6. The summed E-state index contributed by atoms with van der Waals surface area (Å²) in [4.78, 5) is 11.5. The predicted octanol–water partition coefficient (Wildman–Crippen LogP) is 4.16. The van der Waals surface area contributed by atoms with Gasteiger partial charge in [-0.2, -0.15) is 0 Å². The van der Waals surface area contributed by atoms with Gasteiger partial charge in [-0.05, 0) is 74.5 Å². The van der Waals surface area contributed by atoms with Gasteiger partial charge < -0.3 is 29.5 Å². The molecule has 8 atom stereocenters. The first-order valence-corrected chi connectivity index (χ1v) is 12.4. The third-order valence-corrected chi connectivity index (χ3v) is 7.75. The molecular formula is C27H38O7. The monoisotopic (exact) mass is 474 g/mol. The van der Waals surface area contributed by atoms with Crippen molar-refractivity contribution in [1.29, 1.82) is 0 Å². The van der Waals surface area contributed by atoms with Crippen molar-refractivity contribution < 1.29 is 34.3 Å². The number of ether oxygens (including phenoxy) is 3. The van der Waals surface area contributed by atoms with Crippen LogP contribution < -0.4 is 4.74 Å². The van der Waals surface area contributed by atoms with Crippen molar-refractivity contribution in [3.63, 3.8) is 0 Å². The normalized spacial score (nSPS) is 34.7. The van der Waals surface area contributed by atoms with Crippen LogP contribution in [0.4, 0.5) is 0 Å². The number of carbonyl (C=O) groups is 1.